The molecular weight excluding hydrogens is 580 g/mol. The van der Waals surface area contributed by atoms with Crippen molar-refractivity contribution in [2.45, 2.75) is 194 Å². The zero-order valence-corrected chi connectivity index (χ0v) is 31.8. The van der Waals surface area contributed by atoms with Crippen LogP contribution in [-0.2, 0) is 4.74 Å². The normalized spacial score (nSPS) is 17.3. The van der Waals surface area contributed by atoms with Gasteiger partial charge in [0.05, 0.1) is 13.2 Å². The fourth-order valence-corrected chi connectivity index (χ4v) is 7.01. The minimum Gasteiger partial charge on any atom is -0.475 e. The molecule has 2 rings (SSSR count). The van der Waals surface area contributed by atoms with Gasteiger partial charge in [-0.3, -0.25) is 9.80 Å². The van der Waals surface area contributed by atoms with Crippen LogP contribution in [0.2, 0.25) is 0 Å². The monoisotopic (exact) mass is 659 g/mol. The Hall–Kier alpha value is -1.30. The van der Waals surface area contributed by atoms with Crippen LogP contribution in [-0.4, -0.2) is 61.6 Å². The smallest absolute Gasteiger partial charge is 0.154 e. The zero-order chi connectivity index (χ0) is 33.6. The molecule has 0 radical (unpaired) electrons. The predicted molar refractivity (Wildman–Crippen MR) is 203 cm³/mol. The maximum Gasteiger partial charge on any atom is 0.154 e. The van der Waals surface area contributed by atoms with Crippen LogP contribution in [0, 0.1) is 0 Å². The van der Waals surface area contributed by atoms with Crippen molar-refractivity contribution in [2.75, 3.05) is 39.4 Å². The molecule has 0 spiro atoms. The van der Waals surface area contributed by atoms with E-state index in [0.29, 0.717) is 0 Å². The van der Waals surface area contributed by atoms with Gasteiger partial charge in [-0.2, -0.15) is 0 Å². The molecule has 1 aromatic carbocycles. The first kappa shape index (κ1) is 41.9. The Bertz CT molecular complexity index is 760. The number of rotatable bonds is 28. The zero-order valence-electron chi connectivity index (χ0n) is 31.8. The number of nitrogens with zero attached hydrogens (tertiary/aromatic N) is 2. The van der Waals surface area contributed by atoms with Gasteiger partial charge in [-0.05, 0) is 38.1 Å². The standard InChI is InChI=1S/C42H78N2O3/c1-5-9-11-13-15-17-19-21-23-25-27-34-43(7-3)41-32-36-45-37-33-42(47-40-31-29-30-39(38-40)46-41)44(8-4)35-28-26-24-22-20-18-16-14-12-10-6-2/h29-31,38,41-42H,5-28,32-37H2,1-4H3. The van der Waals surface area contributed by atoms with Crippen molar-refractivity contribution in [3.8, 4) is 11.5 Å². The summed E-state index contributed by atoms with van der Waals surface area (Å²) in [6.45, 7) is 14.7. The summed E-state index contributed by atoms with van der Waals surface area (Å²) in [4.78, 5) is 5.01. The third-order valence-corrected chi connectivity index (χ3v) is 10.1. The molecule has 0 fully saturated rings. The fraction of sp³-hybridized carbons (Fsp3) is 0.857. The molecule has 2 bridgehead atoms. The average molecular weight is 659 g/mol. The van der Waals surface area contributed by atoms with E-state index < -0.39 is 0 Å². The van der Waals surface area contributed by atoms with Crippen LogP contribution in [0.3, 0.4) is 0 Å². The minimum atomic E-state index is 0.0294. The van der Waals surface area contributed by atoms with Gasteiger partial charge in [0.25, 0.3) is 0 Å². The molecule has 5 heteroatoms. The Morgan fingerprint density at radius 1 is 0.489 bits per heavy atom. The largest absolute Gasteiger partial charge is 0.475 e. The van der Waals surface area contributed by atoms with E-state index in [4.69, 9.17) is 14.2 Å². The van der Waals surface area contributed by atoms with Gasteiger partial charge in [-0.25, -0.2) is 0 Å². The van der Waals surface area contributed by atoms with Crippen LogP contribution in [0.5, 0.6) is 11.5 Å². The molecule has 0 N–H and O–H groups in total. The first-order valence-corrected chi connectivity index (χ1v) is 20.7. The maximum atomic E-state index is 6.65. The fourth-order valence-electron chi connectivity index (χ4n) is 7.01. The lowest BCUT2D eigenvalue weighted by atomic mass is 10.1. The quantitative estimate of drug-likeness (QED) is 0.0837. The third-order valence-electron chi connectivity index (χ3n) is 10.1. The molecule has 0 aliphatic carbocycles. The third kappa shape index (κ3) is 20.7. The van der Waals surface area contributed by atoms with Gasteiger partial charge in [0.15, 0.2) is 12.5 Å². The Kier molecular flexibility index (Phi) is 26.4. The molecule has 2 unspecified atom stereocenters. The van der Waals surface area contributed by atoms with E-state index in [9.17, 15) is 0 Å². The predicted octanol–water partition coefficient (Wildman–Crippen LogP) is 12.2. The second kappa shape index (κ2) is 29.6. The van der Waals surface area contributed by atoms with E-state index in [-0.39, 0.29) is 12.5 Å². The summed E-state index contributed by atoms with van der Waals surface area (Å²) in [6, 6.07) is 8.36. The van der Waals surface area contributed by atoms with Crippen molar-refractivity contribution in [3.63, 3.8) is 0 Å². The summed E-state index contributed by atoms with van der Waals surface area (Å²) in [5.74, 6) is 1.80. The summed E-state index contributed by atoms with van der Waals surface area (Å²) in [5.41, 5.74) is 0. The number of ether oxygens (including phenoxy) is 3. The first-order chi connectivity index (χ1) is 23.2. The van der Waals surface area contributed by atoms with Gasteiger partial charge in [0.2, 0.25) is 0 Å². The Morgan fingerprint density at radius 2 is 0.830 bits per heavy atom. The average Bonchev–Trinajstić information content (AvgIpc) is 3.08. The van der Waals surface area contributed by atoms with Crippen LogP contribution >= 0.6 is 0 Å². The summed E-state index contributed by atoms with van der Waals surface area (Å²) in [7, 11) is 0. The number of hydrogen-bond donors (Lipinski definition) is 0. The van der Waals surface area contributed by atoms with Crippen molar-refractivity contribution in [2.24, 2.45) is 0 Å². The Morgan fingerprint density at radius 3 is 1.17 bits per heavy atom. The van der Waals surface area contributed by atoms with Crippen LogP contribution in [0.1, 0.15) is 182 Å². The minimum absolute atomic E-state index is 0.0294. The highest BCUT2D eigenvalue weighted by molar-refractivity contribution is 5.33. The summed E-state index contributed by atoms with van der Waals surface area (Å²) >= 11 is 0. The topological polar surface area (TPSA) is 34.2 Å². The second-order valence-corrected chi connectivity index (χ2v) is 14.1. The SMILES string of the molecule is CCCCCCCCCCCCCN(CC)C1CCOCCC(N(CC)CCCCCCCCCCCCC)Oc2cccc(c2)O1. The molecule has 0 saturated carbocycles. The highest BCUT2D eigenvalue weighted by atomic mass is 16.5. The van der Waals surface area contributed by atoms with Gasteiger partial charge >= 0.3 is 0 Å². The van der Waals surface area contributed by atoms with Crippen molar-refractivity contribution < 1.29 is 14.2 Å². The number of hydrogen-bond acceptors (Lipinski definition) is 5. The second-order valence-electron chi connectivity index (χ2n) is 14.1. The van der Waals surface area contributed by atoms with E-state index in [1.165, 1.54) is 141 Å². The van der Waals surface area contributed by atoms with Gasteiger partial charge in [-0.15, -0.1) is 0 Å². The lowest BCUT2D eigenvalue weighted by molar-refractivity contribution is -0.0260. The van der Waals surface area contributed by atoms with Crippen molar-refractivity contribution >= 4 is 0 Å². The highest BCUT2D eigenvalue weighted by Gasteiger charge is 2.22. The number of fused-ring (bicyclic) bond motifs is 2. The summed E-state index contributed by atoms with van der Waals surface area (Å²) < 4.78 is 19.5. The molecule has 0 aromatic heterocycles. The molecule has 1 aromatic rings. The molecular formula is C42H78N2O3. The molecule has 5 nitrogen and oxygen atoms in total. The van der Waals surface area contributed by atoms with Crippen LogP contribution in [0.4, 0.5) is 0 Å². The summed E-state index contributed by atoms with van der Waals surface area (Å²) in [6.07, 6.45) is 32.1. The van der Waals surface area contributed by atoms with E-state index >= 15 is 0 Å². The van der Waals surface area contributed by atoms with Crippen molar-refractivity contribution in [3.05, 3.63) is 24.3 Å². The van der Waals surface area contributed by atoms with Crippen molar-refractivity contribution in [1.29, 1.82) is 0 Å². The Labute approximate surface area is 292 Å². The maximum absolute atomic E-state index is 6.65. The molecule has 0 amide bonds. The van der Waals surface area contributed by atoms with Crippen LogP contribution in [0.25, 0.3) is 0 Å². The number of benzene rings is 1. The molecule has 1 aliphatic rings. The van der Waals surface area contributed by atoms with Crippen molar-refractivity contribution in [1.82, 2.24) is 9.80 Å². The highest BCUT2D eigenvalue weighted by Crippen LogP contribution is 2.26. The van der Waals surface area contributed by atoms with Gasteiger partial charge in [0.1, 0.15) is 11.5 Å². The van der Waals surface area contributed by atoms with E-state index in [2.05, 4.69) is 61.8 Å². The van der Waals surface area contributed by atoms with E-state index in [1.807, 2.05) is 0 Å². The first-order valence-electron chi connectivity index (χ1n) is 20.7. The number of unbranched alkanes of at least 4 members (excludes halogenated alkanes) is 20. The summed E-state index contributed by atoms with van der Waals surface area (Å²) in [5, 5.41) is 0. The molecule has 47 heavy (non-hydrogen) atoms. The van der Waals surface area contributed by atoms with E-state index in [1.54, 1.807) is 0 Å². The molecule has 1 aliphatic heterocycles. The molecule has 274 valence electrons. The van der Waals surface area contributed by atoms with Gasteiger partial charge in [-0.1, -0.05) is 162 Å². The lowest BCUT2D eigenvalue weighted by Crippen LogP contribution is -2.42. The lowest BCUT2D eigenvalue weighted by Gasteiger charge is -2.33. The Balaban J connectivity index is 1.76. The molecule has 2 atom stereocenters. The molecule has 0 saturated heterocycles. The van der Waals surface area contributed by atoms with Gasteiger partial charge < -0.3 is 14.2 Å². The van der Waals surface area contributed by atoms with E-state index in [0.717, 1.165) is 63.7 Å². The van der Waals surface area contributed by atoms with Crippen LogP contribution in [0.15, 0.2) is 24.3 Å². The van der Waals surface area contributed by atoms with Crippen LogP contribution < -0.4 is 9.47 Å². The van der Waals surface area contributed by atoms with Gasteiger partial charge in [0, 0.05) is 32.0 Å². The molecule has 1 heterocycles.